The molecule has 0 aromatic heterocycles. The number of ether oxygens (including phenoxy) is 2. The quantitative estimate of drug-likeness (QED) is 0.277. The standard InChI is InChI=1S/C29H27BrN2O5S/c1-4-36-24-14-21(15-25-28(34)32(29(35)38-25)16-20-8-6-5-7-9-20)13-22(30)27(24)37-17-26(33)31-23-11-10-18(2)12-19(23)3/h5-15H,4,16-17H2,1-3H3,(H,31,33)/b25-15-. The molecule has 0 spiro atoms. The molecular formula is C29H27BrN2O5S. The van der Waals surface area contributed by atoms with Crippen molar-refractivity contribution in [3.63, 3.8) is 0 Å². The smallest absolute Gasteiger partial charge is 0.293 e. The van der Waals surface area contributed by atoms with Crippen molar-refractivity contribution in [3.8, 4) is 11.5 Å². The van der Waals surface area contributed by atoms with E-state index in [4.69, 9.17) is 9.47 Å². The molecule has 9 heteroatoms. The summed E-state index contributed by atoms with van der Waals surface area (Å²) >= 11 is 4.40. The predicted molar refractivity (Wildman–Crippen MR) is 153 cm³/mol. The van der Waals surface area contributed by atoms with E-state index in [-0.39, 0.29) is 30.2 Å². The lowest BCUT2D eigenvalue weighted by molar-refractivity contribution is -0.123. The van der Waals surface area contributed by atoms with Crippen LogP contribution in [-0.2, 0) is 16.1 Å². The molecule has 0 unspecified atom stereocenters. The van der Waals surface area contributed by atoms with Crippen molar-refractivity contribution in [1.29, 1.82) is 0 Å². The summed E-state index contributed by atoms with van der Waals surface area (Å²) in [5.74, 6) is 0.136. The van der Waals surface area contributed by atoms with E-state index in [0.717, 1.165) is 34.1 Å². The summed E-state index contributed by atoms with van der Waals surface area (Å²) in [4.78, 5) is 39.6. The lowest BCUT2D eigenvalue weighted by atomic mass is 10.1. The molecule has 7 nitrogen and oxygen atoms in total. The molecule has 1 aliphatic heterocycles. The summed E-state index contributed by atoms with van der Waals surface area (Å²) < 4.78 is 12.1. The fraction of sp³-hybridized carbons (Fsp3) is 0.207. The van der Waals surface area contributed by atoms with Crippen LogP contribution in [0.4, 0.5) is 10.5 Å². The van der Waals surface area contributed by atoms with Crippen LogP contribution < -0.4 is 14.8 Å². The van der Waals surface area contributed by atoms with Crippen LogP contribution in [0, 0.1) is 13.8 Å². The fourth-order valence-electron chi connectivity index (χ4n) is 3.91. The van der Waals surface area contributed by atoms with Crippen LogP contribution >= 0.6 is 27.7 Å². The lowest BCUT2D eigenvalue weighted by Gasteiger charge is -2.15. The van der Waals surface area contributed by atoms with E-state index >= 15 is 0 Å². The Kier molecular flexibility index (Phi) is 8.91. The monoisotopic (exact) mass is 594 g/mol. The highest BCUT2D eigenvalue weighted by atomic mass is 79.9. The van der Waals surface area contributed by atoms with Crippen LogP contribution in [0.2, 0.25) is 0 Å². The summed E-state index contributed by atoms with van der Waals surface area (Å²) in [7, 11) is 0. The minimum absolute atomic E-state index is 0.216. The van der Waals surface area contributed by atoms with Gasteiger partial charge in [0, 0.05) is 5.69 Å². The second-order valence-electron chi connectivity index (χ2n) is 8.67. The van der Waals surface area contributed by atoms with E-state index in [1.54, 1.807) is 18.2 Å². The molecule has 1 heterocycles. The molecule has 1 fully saturated rings. The Morgan fingerprint density at radius 3 is 2.53 bits per heavy atom. The number of imide groups is 1. The van der Waals surface area contributed by atoms with Crippen molar-refractivity contribution < 1.29 is 23.9 Å². The number of nitrogens with zero attached hydrogens (tertiary/aromatic N) is 1. The Morgan fingerprint density at radius 2 is 1.82 bits per heavy atom. The normalized spacial score (nSPS) is 14.2. The van der Waals surface area contributed by atoms with Gasteiger partial charge in [-0.2, -0.15) is 0 Å². The minimum atomic E-state index is -0.346. The van der Waals surface area contributed by atoms with E-state index in [1.807, 2.05) is 69.3 Å². The average molecular weight is 596 g/mol. The number of thioether (sulfide) groups is 1. The van der Waals surface area contributed by atoms with Crippen molar-refractivity contribution in [3.05, 3.63) is 92.3 Å². The van der Waals surface area contributed by atoms with Crippen LogP contribution in [0.3, 0.4) is 0 Å². The number of rotatable bonds is 9. The Bertz CT molecular complexity index is 1410. The number of carbonyl (C=O) groups is 3. The van der Waals surface area contributed by atoms with Crippen LogP contribution in [0.5, 0.6) is 11.5 Å². The minimum Gasteiger partial charge on any atom is -0.490 e. The molecule has 0 bridgehead atoms. The van der Waals surface area contributed by atoms with Gasteiger partial charge in [-0.15, -0.1) is 0 Å². The molecule has 1 aliphatic rings. The number of halogens is 1. The zero-order valence-corrected chi connectivity index (χ0v) is 23.6. The second-order valence-corrected chi connectivity index (χ2v) is 10.5. The first-order valence-corrected chi connectivity index (χ1v) is 13.6. The molecule has 1 saturated heterocycles. The van der Waals surface area contributed by atoms with Crippen molar-refractivity contribution in [1.82, 2.24) is 4.90 Å². The zero-order valence-electron chi connectivity index (χ0n) is 21.2. The Labute approximate surface area is 234 Å². The molecule has 3 amide bonds. The van der Waals surface area contributed by atoms with Gasteiger partial charge in [-0.25, -0.2) is 0 Å². The molecule has 4 rings (SSSR count). The molecule has 0 saturated carbocycles. The first kappa shape index (κ1) is 27.5. The molecule has 0 aliphatic carbocycles. The maximum atomic E-state index is 13.0. The molecular weight excluding hydrogens is 568 g/mol. The lowest BCUT2D eigenvalue weighted by Crippen LogP contribution is -2.27. The van der Waals surface area contributed by atoms with Crippen LogP contribution in [0.25, 0.3) is 6.08 Å². The van der Waals surface area contributed by atoms with Gasteiger partial charge < -0.3 is 14.8 Å². The van der Waals surface area contributed by atoms with Gasteiger partial charge in [0.25, 0.3) is 17.1 Å². The fourth-order valence-corrected chi connectivity index (χ4v) is 5.32. The van der Waals surface area contributed by atoms with E-state index in [0.29, 0.717) is 33.0 Å². The molecule has 196 valence electrons. The molecule has 38 heavy (non-hydrogen) atoms. The Hall–Kier alpha value is -3.56. The number of hydrogen-bond acceptors (Lipinski definition) is 6. The second kappa shape index (κ2) is 12.3. The number of aryl methyl sites for hydroxylation is 2. The van der Waals surface area contributed by atoms with Crippen LogP contribution in [0.15, 0.2) is 70.0 Å². The summed E-state index contributed by atoms with van der Waals surface area (Å²) in [5, 5.41) is 2.55. The number of hydrogen-bond donors (Lipinski definition) is 1. The molecule has 3 aromatic carbocycles. The third-order valence-electron chi connectivity index (χ3n) is 5.69. The highest BCUT2D eigenvalue weighted by molar-refractivity contribution is 9.10. The van der Waals surface area contributed by atoms with E-state index < -0.39 is 0 Å². The SMILES string of the molecule is CCOc1cc(/C=C2\SC(=O)N(Cc3ccccc3)C2=O)cc(Br)c1OCC(=O)Nc1ccc(C)cc1C. The Morgan fingerprint density at radius 1 is 1.05 bits per heavy atom. The first-order valence-electron chi connectivity index (χ1n) is 12.0. The van der Waals surface area contributed by atoms with Gasteiger partial charge in [-0.1, -0.05) is 48.0 Å². The Balaban J connectivity index is 1.49. The summed E-state index contributed by atoms with van der Waals surface area (Å²) in [5.41, 5.74) is 4.33. The van der Waals surface area contributed by atoms with Crippen molar-refractivity contribution in [2.24, 2.45) is 0 Å². The van der Waals surface area contributed by atoms with Gasteiger partial charge in [-0.05, 0) is 89.4 Å². The average Bonchev–Trinajstić information content (AvgIpc) is 3.13. The highest BCUT2D eigenvalue weighted by Crippen LogP contribution is 2.39. The third-order valence-corrected chi connectivity index (χ3v) is 7.19. The van der Waals surface area contributed by atoms with Crippen molar-refractivity contribution in [2.75, 3.05) is 18.5 Å². The number of nitrogens with one attached hydrogen (secondary N) is 1. The number of carbonyl (C=O) groups excluding carboxylic acids is 3. The van der Waals surface area contributed by atoms with Gasteiger partial charge >= 0.3 is 0 Å². The van der Waals surface area contributed by atoms with Crippen molar-refractivity contribution in [2.45, 2.75) is 27.3 Å². The summed E-state index contributed by atoms with van der Waals surface area (Å²) in [6, 6.07) is 18.6. The van der Waals surface area contributed by atoms with Gasteiger partial charge in [0.05, 0.1) is 22.5 Å². The molecule has 0 atom stereocenters. The predicted octanol–water partition coefficient (Wildman–Crippen LogP) is 6.72. The third kappa shape index (κ3) is 6.65. The van der Waals surface area contributed by atoms with Crippen molar-refractivity contribution >= 4 is 56.5 Å². The molecule has 0 radical (unpaired) electrons. The number of benzene rings is 3. The topological polar surface area (TPSA) is 84.9 Å². The molecule has 1 N–H and O–H groups in total. The largest absolute Gasteiger partial charge is 0.490 e. The summed E-state index contributed by atoms with van der Waals surface area (Å²) in [6.07, 6.45) is 1.65. The van der Waals surface area contributed by atoms with Gasteiger partial charge in [0.2, 0.25) is 0 Å². The highest BCUT2D eigenvalue weighted by Gasteiger charge is 2.35. The number of amides is 3. The maximum absolute atomic E-state index is 13.0. The number of anilines is 1. The van der Waals surface area contributed by atoms with E-state index in [1.165, 1.54) is 4.90 Å². The van der Waals surface area contributed by atoms with E-state index in [9.17, 15) is 14.4 Å². The summed E-state index contributed by atoms with van der Waals surface area (Å²) in [6.45, 7) is 6.13. The molecule has 3 aromatic rings. The van der Waals surface area contributed by atoms with Gasteiger partial charge in [0.15, 0.2) is 18.1 Å². The zero-order chi connectivity index (χ0) is 27.2. The van der Waals surface area contributed by atoms with Crippen LogP contribution in [0.1, 0.15) is 29.2 Å². The van der Waals surface area contributed by atoms with Gasteiger partial charge in [0.1, 0.15) is 0 Å². The van der Waals surface area contributed by atoms with E-state index in [2.05, 4.69) is 21.2 Å². The first-order chi connectivity index (χ1) is 18.2. The van der Waals surface area contributed by atoms with Crippen LogP contribution in [-0.4, -0.2) is 35.2 Å². The van der Waals surface area contributed by atoms with Gasteiger partial charge in [-0.3, -0.25) is 19.3 Å². The maximum Gasteiger partial charge on any atom is 0.293 e.